The maximum absolute atomic E-state index is 13.0. The van der Waals surface area contributed by atoms with Crippen molar-refractivity contribution >= 4 is 28.8 Å². The number of aryl methyl sites for hydroxylation is 3. The van der Waals surface area contributed by atoms with Crippen LogP contribution in [-0.4, -0.2) is 51.3 Å². The Morgan fingerprint density at radius 3 is 2.66 bits per heavy atom. The predicted molar refractivity (Wildman–Crippen MR) is 123 cm³/mol. The van der Waals surface area contributed by atoms with Crippen molar-refractivity contribution in [3.05, 3.63) is 35.2 Å². The summed E-state index contributed by atoms with van der Waals surface area (Å²) in [5.41, 5.74) is 8.31. The number of amides is 2. The number of fused-ring (bicyclic) bond motifs is 1. The van der Waals surface area contributed by atoms with Gasteiger partial charge in [-0.1, -0.05) is 6.92 Å². The number of anilines is 1. The van der Waals surface area contributed by atoms with Gasteiger partial charge in [0.1, 0.15) is 17.0 Å². The minimum absolute atomic E-state index is 0.299. The topological polar surface area (TPSA) is 129 Å². The quantitative estimate of drug-likeness (QED) is 0.392. The molecule has 10 heteroatoms. The van der Waals surface area contributed by atoms with E-state index in [2.05, 4.69) is 20.7 Å². The Kier molecular flexibility index (Phi) is 7.47. The zero-order valence-electron chi connectivity index (χ0n) is 19.1. The molecule has 0 fully saturated rings. The van der Waals surface area contributed by atoms with Gasteiger partial charge in [-0.15, -0.1) is 0 Å². The lowest BCUT2D eigenvalue weighted by molar-refractivity contribution is 0.0995. The fourth-order valence-corrected chi connectivity index (χ4v) is 3.59. The average Bonchev–Trinajstić information content (AvgIpc) is 3.31. The van der Waals surface area contributed by atoms with Gasteiger partial charge in [0.25, 0.3) is 5.91 Å². The summed E-state index contributed by atoms with van der Waals surface area (Å²) in [7, 11) is 1.88. The van der Waals surface area contributed by atoms with Crippen LogP contribution in [0.15, 0.2) is 18.2 Å². The lowest BCUT2D eigenvalue weighted by Gasteiger charge is -2.13. The number of hydrogen-bond acceptors (Lipinski definition) is 6. The first-order valence-corrected chi connectivity index (χ1v) is 10.9. The SMILES string of the molecule is CCCn1c(NC(=O)c2cc(C)nn2CC)nc2cc(C(N)=O)cc(OCCCNC)c21. The Labute approximate surface area is 187 Å². The third kappa shape index (κ3) is 4.91. The number of imidazole rings is 1. The second kappa shape index (κ2) is 10.3. The largest absolute Gasteiger partial charge is 0.491 e. The van der Waals surface area contributed by atoms with Crippen molar-refractivity contribution in [2.24, 2.45) is 5.73 Å². The van der Waals surface area contributed by atoms with E-state index in [0.29, 0.717) is 48.2 Å². The Morgan fingerprint density at radius 2 is 2.00 bits per heavy atom. The number of nitrogens with zero attached hydrogens (tertiary/aromatic N) is 4. The number of ether oxygens (including phenoxy) is 1. The van der Waals surface area contributed by atoms with Crippen molar-refractivity contribution in [2.75, 3.05) is 25.5 Å². The lowest BCUT2D eigenvalue weighted by Crippen LogP contribution is -2.20. The van der Waals surface area contributed by atoms with Crippen LogP contribution in [0.25, 0.3) is 11.0 Å². The van der Waals surface area contributed by atoms with Crippen LogP contribution < -0.4 is 21.1 Å². The normalized spacial score (nSPS) is 11.1. The summed E-state index contributed by atoms with van der Waals surface area (Å²) in [6.45, 7) is 8.27. The second-order valence-corrected chi connectivity index (χ2v) is 7.54. The van der Waals surface area contributed by atoms with Gasteiger partial charge in [0, 0.05) is 18.7 Å². The van der Waals surface area contributed by atoms with Crippen molar-refractivity contribution in [1.82, 2.24) is 24.6 Å². The van der Waals surface area contributed by atoms with Gasteiger partial charge in [0.15, 0.2) is 0 Å². The molecule has 3 aromatic rings. The summed E-state index contributed by atoms with van der Waals surface area (Å²) < 4.78 is 9.57. The number of rotatable bonds is 11. The third-order valence-corrected chi connectivity index (χ3v) is 5.03. The average molecular weight is 442 g/mol. The zero-order chi connectivity index (χ0) is 23.3. The van der Waals surface area contributed by atoms with E-state index in [-0.39, 0.29) is 5.91 Å². The van der Waals surface area contributed by atoms with E-state index in [1.54, 1.807) is 22.9 Å². The van der Waals surface area contributed by atoms with E-state index < -0.39 is 5.91 Å². The van der Waals surface area contributed by atoms with Gasteiger partial charge >= 0.3 is 0 Å². The van der Waals surface area contributed by atoms with Crippen LogP contribution in [-0.2, 0) is 13.1 Å². The van der Waals surface area contributed by atoms with Crippen LogP contribution in [0.5, 0.6) is 5.75 Å². The van der Waals surface area contributed by atoms with Gasteiger partial charge in [0.2, 0.25) is 11.9 Å². The van der Waals surface area contributed by atoms with Crippen LogP contribution in [0.3, 0.4) is 0 Å². The van der Waals surface area contributed by atoms with Gasteiger partial charge in [-0.05, 0) is 58.5 Å². The molecule has 2 aromatic heterocycles. The smallest absolute Gasteiger partial charge is 0.276 e. The van der Waals surface area contributed by atoms with Crippen molar-refractivity contribution in [3.8, 4) is 5.75 Å². The summed E-state index contributed by atoms with van der Waals surface area (Å²) in [4.78, 5) is 29.5. The first kappa shape index (κ1) is 23.3. The number of carbonyl (C=O) groups is 2. The highest BCUT2D eigenvalue weighted by Crippen LogP contribution is 2.31. The number of carbonyl (C=O) groups excluding carboxylic acids is 2. The molecule has 0 radical (unpaired) electrons. The minimum atomic E-state index is -0.565. The molecule has 4 N–H and O–H groups in total. The molecule has 0 aliphatic heterocycles. The van der Waals surface area contributed by atoms with Crippen molar-refractivity contribution < 1.29 is 14.3 Å². The van der Waals surface area contributed by atoms with Crippen LogP contribution in [0.2, 0.25) is 0 Å². The van der Waals surface area contributed by atoms with Gasteiger partial charge < -0.3 is 20.4 Å². The maximum Gasteiger partial charge on any atom is 0.276 e. The summed E-state index contributed by atoms with van der Waals surface area (Å²) >= 11 is 0. The summed E-state index contributed by atoms with van der Waals surface area (Å²) in [5.74, 6) is 0.0370. The number of benzene rings is 1. The summed E-state index contributed by atoms with van der Waals surface area (Å²) in [6.07, 6.45) is 1.61. The molecule has 0 saturated heterocycles. The van der Waals surface area contributed by atoms with Crippen LogP contribution in [0.4, 0.5) is 5.95 Å². The molecule has 10 nitrogen and oxygen atoms in total. The minimum Gasteiger partial charge on any atom is -0.491 e. The molecular formula is C22H31N7O3. The fourth-order valence-electron chi connectivity index (χ4n) is 3.59. The highest BCUT2D eigenvalue weighted by atomic mass is 16.5. The summed E-state index contributed by atoms with van der Waals surface area (Å²) in [6, 6.07) is 5.01. The molecule has 0 spiro atoms. The van der Waals surface area contributed by atoms with Gasteiger partial charge in [-0.2, -0.15) is 5.10 Å². The van der Waals surface area contributed by atoms with Crippen molar-refractivity contribution in [3.63, 3.8) is 0 Å². The van der Waals surface area contributed by atoms with Crippen molar-refractivity contribution in [1.29, 1.82) is 0 Å². The first-order chi connectivity index (χ1) is 15.4. The molecule has 3 rings (SSSR count). The van der Waals surface area contributed by atoms with Gasteiger partial charge in [-0.25, -0.2) is 4.98 Å². The standard InChI is InChI=1S/C22H31N7O3/c1-5-9-28-19-16(12-15(20(23)30)13-18(19)32-10-7-8-24-4)25-22(28)26-21(31)17-11-14(3)27-29(17)6-2/h11-13,24H,5-10H2,1-4H3,(H2,23,30)(H,25,26,31). The Hall–Kier alpha value is -3.40. The van der Waals surface area contributed by atoms with E-state index in [1.165, 1.54) is 0 Å². The van der Waals surface area contributed by atoms with Gasteiger partial charge in [0.05, 0.1) is 17.8 Å². The lowest BCUT2D eigenvalue weighted by atomic mass is 10.1. The van der Waals surface area contributed by atoms with E-state index in [0.717, 1.165) is 30.6 Å². The monoisotopic (exact) mass is 441 g/mol. The Bertz CT molecular complexity index is 1120. The summed E-state index contributed by atoms with van der Waals surface area (Å²) in [5, 5.41) is 10.3. The molecule has 0 aliphatic carbocycles. The van der Waals surface area contributed by atoms with E-state index >= 15 is 0 Å². The Balaban J connectivity index is 2.04. The maximum atomic E-state index is 13.0. The number of nitrogens with one attached hydrogen (secondary N) is 2. The van der Waals surface area contributed by atoms with Crippen LogP contribution >= 0.6 is 0 Å². The molecular weight excluding hydrogens is 410 g/mol. The zero-order valence-corrected chi connectivity index (χ0v) is 19.1. The fraction of sp³-hybridized carbons (Fsp3) is 0.455. The number of aromatic nitrogens is 4. The molecule has 172 valence electrons. The molecule has 0 saturated carbocycles. The van der Waals surface area contributed by atoms with E-state index in [9.17, 15) is 9.59 Å². The van der Waals surface area contributed by atoms with E-state index in [4.69, 9.17) is 10.5 Å². The third-order valence-electron chi connectivity index (χ3n) is 5.03. The molecule has 0 atom stereocenters. The molecule has 2 amide bonds. The number of primary amides is 1. The Morgan fingerprint density at radius 1 is 1.22 bits per heavy atom. The van der Waals surface area contributed by atoms with E-state index in [1.807, 2.05) is 32.4 Å². The molecule has 2 heterocycles. The highest BCUT2D eigenvalue weighted by Gasteiger charge is 2.21. The van der Waals surface area contributed by atoms with Crippen molar-refractivity contribution in [2.45, 2.75) is 46.7 Å². The molecule has 0 aliphatic rings. The number of hydrogen-bond donors (Lipinski definition) is 3. The van der Waals surface area contributed by atoms with Crippen LogP contribution in [0, 0.1) is 6.92 Å². The predicted octanol–water partition coefficient (Wildman–Crippen LogP) is 2.31. The highest BCUT2D eigenvalue weighted by molar-refractivity contribution is 6.04. The molecule has 0 bridgehead atoms. The van der Waals surface area contributed by atoms with Gasteiger partial charge in [-0.3, -0.25) is 19.6 Å². The molecule has 32 heavy (non-hydrogen) atoms. The molecule has 0 unspecified atom stereocenters. The molecule has 1 aromatic carbocycles. The van der Waals surface area contributed by atoms with Crippen LogP contribution in [0.1, 0.15) is 53.2 Å². The second-order valence-electron chi connectivity index (χ2n) is 7.54. The number of nitrogens with two attached hydrogens (primary N) is 1. The first-order valence-electron chi connectivity index (χ1n) is 10.9.